The zero-order valence-electron chi connectivity index (χ0n) is 14.4. The van der Waals surface area contributed by atoms with Crippen molar-refractivity contribution < 1.29 is 10.2 Å². The molecule has 25 heavy (non-hydrogen) atoms. The minimum absolute atomic E-state index is 0.113. The van der Waals surface area contributed by atoms with Gasteiger partial charge in [-0.3, -0.25) is 0 Å². The van der Waals surface area contributed by atoms with E-state index in [0.717, 1.165) is 36.7 Å². The van der Waals surface area contributed by atoms with Crippen LogP contribution in [0.2, 0.25) is 0 Å². The predicted octanol–water partition coefficient (Wildman–Crippen LogP) is 3.05. The van der Waals surface area contributed by atoms with Crippen LogP contribution in [0.4, 0.5) is 0 Å². The molecule has 3 N–H and O–H groups in total. The Morgan fingerprint density at radius 2 is 1.56 bits per heavy atom. The average Bonchev–Trinajstić information content (AvgIpc) is 2.96. The van der Waals surface area contributed by atoms with Crippen LogP contribution in [0.25, 0.3) is 21.8 Å². The lowest BCUT2D eigenvalue weighted by Gasteiger charge is -2.29. The van der Waals surface area contributed by atoms with E-state index in [1.54, 1.807) is 0 Å². The van der Waals surface area contributed by atoms with E-state index in [1.165, 1.54) is 10.8 Å². The van der Waals surface area contributed by atoms with Crippen LogP contribution in [0.1, 0.15) is 25.7 Å². The monoisotopic (exact) mass is 338 g/mol. The summed E-state index contributed by atoms with van der Waals surface area (Å²) in [5, 5.41) is 26.5. The van der Waals surface area contributed by atoms with Gasteiger partial charge in [-0.1, -0.05) is 49.2 Å². The largest absolute Gasteiger partial charge is 0.392 e. The summed E-state index contributed by atoms with van der Waals surface area (Å²) >= 11 is 0. The highest BCUT2D eigenvalue weighted by molar-refractivity contribution is 6.07. The number of para-hydroxylation sites is 2. The molecule has 3 atom stereocenters. The van der Waals surface area contributed by atoms with E-state index in [0.29, 0.717) is 13.1 Å². The maximum Gasteiger partial charge on any atom is 0.0843 e. The molecule has 1 aliphatic carbocycles. The first kappa shape index (κ1) is 16.6. The molecule has 1 fully saturated rings. The molecule has 0 spiro atoms. The lowest BCUT2D eigenvalue weighted by atomic mass is 9.92. The van der Waals surface area contributed by atoms with Crippen LogP contribution < -0.4 is 5.32 Å². The van der Waals surface area contributed by atoms with Crippen molar-refractivity contribution in [1.82, 2.24) is 9.88 Å². The average molecular weight is 338 g/mol. The van der Waals surface area contributed by atoms with Gasteiger partial charge in [0.1, 0.15) is 0 Å². The van der Waals surface area contributed by atoms with Gasteiger partial charge in [-0.05, 0) is 25.0 Å². The van der Waals surface area contributed by atoms with E-state index in [2.05, 4.69) is 46.3 Å². The first-order chi connectivity index (χ1) is 12.2. The molecule has 1 aromatic heterocycles. The highest BCUT2D eigenvalue weighted by Gasteiger charge is 2.23. The molecule has 0 aliphatic heterocycles. The van der Waals surface area contributed by atoms with Crippen molar-refractivity contribution in [2.45, 2.75) is 50.5 Å². The van der Waals surface area contributed by atoms with Gasteiger partial charge in [0.15, 0.2) is 0 Å². The van der Waals surface area contributed by atoms with Crippen LogP contribution in [0, 0.1) is 0 Å². The Balaban J connectivity index is 1.53. The molecule has 3 unspecified atom stereocenters. The van der Waals surface area contributed by atoms with Gasteiger partial charge < -0.3 is 20.1 Å². The number of rotatable bonds is 5. The topological polar surface area (TPSA) is 57.4 Å². The zero-order valence-corrected chi connectivity index (χ0v) is 14.4. The Morgan fingerprint density at radius 3 is 2.20 bits per heavy atom. The molecule has 132 valence electrons. The van der Waals surface area contributed by atoms with Gasteiger partial charge in [0.25, 0.3) is 0 Å². The van der Waals surface area contributed by atoms with Gasteiger partial charge in [0.05, 0.1) is 18.8 Å². The number of benzene rings is 2. The fourth-order valence-electron chi connectivity index (χ4n) is 4.11. The second-order valence-corrected chi connectivity index (χ2v) is 7.17. The van der Waals surface area contributed by atoms with E-state index < -0.39 is 6.10 Å². The fourth-order valence-corrected chi connectivity index (χ4v) is 4.11. The number of nitrogens with one attached hydrogen (secondary N) is 1. The Kier molecular flexibility index (Phi) is 4.75. The first-order valence-electron chi connectivity index (χ1n) is 9.29. The molecule has 0 saturated heterocycles. The second-order valence-electron chi connectivity index (χ2n) is 7.17. The molecule has 0 amide bonds. The van der Waals surface area contributed by atoms with E-state index in [1.807, 2.05) is 12.1 Å². The Bertz CT molecular complexity index is 804. The molecular weight excluding hydrogens is 312 g/mol. The van der Waals surface area contributed by atoms with Crippen molar-refractivity contribution in [3.05, 3.63) is 48.5 Å². The first-order valence-corrected chi connectivity index (χ1v) is 9.29. The second kappa shape index (κ2) is 7.16. The highest BCUT2D eigenvalue weighted by Crippen LogP contribution is 2.28. The van der Waals surface area contributed by atoms with Crippen molar-refractivity contribution in [3.63, 3.8) is 0 Å². The number of hydrogen-bond donors (Lipinski definition) is 3. The number of aliphatic hydroxyl groups is 2. The number of aliphatic hydroxyl groups excluding tert-OH is 2. The van der Waals surface area contributed by atoms with E-state index in [4.69, 9.17) is 0 Å². The fraction of sp³-hybridized carbons (Fsp3) is 0.429. The Labute approximate surface area is 148 Å². The minimum Gasteiger partial charge on any atom is -0.392 e. The summed E-state index contributed by atoms with van der Waals surface area (Å²) in [6, 6.07) is 16.8. The molecule has 3 aromatic rings. The van der Waals surface area contributed by atoms with Gasteiger partial charge in [-0.25, -0.2) is 0 Å². The van der Waals surface area contributed by atoms with Crippen LogP contribution in [0.3, 0.4) is 0 Å². The summed E-state index contributed by atoms with van der Waals surface area (Å²) < 4.78 is 2.20. The normalized spacial score (nSPS) is 22.5. The zero-order chi connectivity index (χ0) is 17.2. The molecular formula is C21H26N2O2. The lowest BCUT2D eigenvalue weighted by molar-refractivity contribution is 0.0774. The van der Waals surface area contributed by atoms with E-state index in [9.17, 15) is 10.2 Å². The van der Waals surface area contributed by atoms with Gasteiger partial charge >= 0.3 is 0 Å². The SMILES string of the molecule is OC(CNC1CCCCC1O)Cn1c2ccccc2c2ccccc21. The third-order valence-corrected chi connectivity index (χ3v) is 5.42. The lowest BCUT2D eigenvalue weighted by Crippen LogP contribution is -2.45. The van der Waals surface area contributed by atoms with E-state index >= 15 is 0 Å². The summed E-state index contributed by atoms with van der Waals surface area (Å²) in [6.45, 7) is 1.05. The molecule has 4 rings (SSSR count). The highest BCUT2D eigenvalue weighted by atomic mass is 16.3. The standard InChI is InChI=1S/C21H26N2O2/c24-15(13-22-18-9-3-6-12-21(18)25)14-23-19-10-4-1-7-16(19)17-8-2-5-11-20(17)23/h1-2,4-5,7-8,10-11,15,18,21-22,24-25H,3,6,9,12-14H2. The van der Waals surface area contributed by atoms with Crippen molar-refractivity contribution in [2.75, 3.05) is 6.54 Å². The smallest absolute Gasteiger partial charge is 0.0843 e. The number of aromatic nitrogens is 1. The molecule has 1 aliphatic rings. The van der Waals surface area contributed by atoms with Gasteiger partial charge in [-0.15, -0.1) is 0 Å². The summed E-state index contributed by atoms with van der Waals surface area (Å²) in [6.07, 6.45) is 3.33. The molecule has 0 radical (unpaired) electrons. The number of nitrogens with zero attached hydrogens (tertiary/aromatic N) is 1. The maximum atomic E-state index is 10.6. The Hall–Kier alpha value is -1.88. The van der Waals surface area contributed by atoms with Crippen molar-refractivity contribution in [3.8, 4) is 0 Å². The van der Waals surface area contributed by atoms with Crippen LogP contribution in [0.15, 0.2) is 48.5 Å². The molecule has 4 heteroatoms. The minimum atomic E-state index is -0.492. The van der Waals surface area contributed by atoms with Crippen molar-refractivity contribution in [1.29, 1.82) is 0 Å². The van der Waals surface area contributed by atoms with Crippen LogP contribution in [-0.4, -0.2) is 39.6 Å². The van der Waals surface area contributed by atoms with E-state index in [-0.39, 0.29) is 12.1 Å². The molecule has 4 nitrogen and oxygen atoms in total. The predicted molar refractivity (Wildman–Crippen MR) is 102 cm³/mol. The van der Waals surface area contributed by atoms with Gasteiger partial charge in [0, 0.05) is 34.4 Å². The summed E-state index contributed by atoms with van der Waals surface area (Å²) in [5.41, 5.74) is 2.31. The van der Waals surface area contributed by atoms with Gasteiger partial charge in [-0.2, -0.15) is 0 Å². The summed E-state index contributed by atoms with van der Waals surface area (Å²) in [4.78, 5) is 0. The van der Waals surface area contributed by atoms with Crippen LogP contribution in [-0.2, 0) is 6.54 Å². The van der Waals surface area contributed by atoms with Crippen LogP contribution >= 0.6 is 0 Å². The molecule has 1 heterocycles. The molecule has 2 aromatic carbocycles. The quantitative estimate of drug-likeness (QED) is 0.670. The molecule has 0 bridgehead atoms. The van der Waals surface area contributed by atoms with Gasteiger partial charge in [0.2, 0.25) is 0 Å². The van der Waals surface area contributed by atoms with Crippen molar-refractivity contribution >= 4 is 21.8 Å². The van der Waals surface area contributed by atoms with Crippen molar-refractivity contribution in [2.24, 2.45) is 0 Å². The third-order valence-electron chi connectivity index (χ3n) is 5.42. The third kappa shape index (κ3) is 3.30. The van der Waals surface area contributed by atoms with Crippen LogP contribution in [0.5, 0.6) is 0 Å². The summed E-state index contributed by atoms with van der Waals surface area (Å²) in [5.74, 6) is 0. The maximum absolute atomic E-state index is 10.6. The number of hydrogen-bond acceptors (Lipinski definition) is 3. The number of fused-ring (bicyclic) bond motifs is 3. The molecule has 1 saturated carbocycles. The Morgan fingerprint density at radius 1 is 0.960 bits per heavy atom. The summed E-state index contributed by atoms with van der Waals surface area (Å²) in [7, 11) is 0.